The summed E-state index contributed by atoms with van der Waals surface area (Å²) in [7, 11) is 0. The van der Waals surface area contributed by atoms with Crippen LogP contribution in [0, 0.1) is 0 Å². The summed E-state index contributed by atoms with van der Waals surface area (Å²) in [6, 6.07) is 17.8. The maximum absolute atomic E-state index is 12.6. The van der Waals surface area contributed by atoms with Crippen molar-refractivity contribution >= 4 is 23.2 Å². The van der Waals surface area contributed by atoms with Crippen LogP contribution in [0.25, 0.3) is 0 Å². The van der Waals surface area contributed by atoms with Gasteiger partial charge in [-0.2, -0.15) is 0 Å². The number of rotatable bonds is 7. The fraction of sp³-hybridized carbons (Fsp3) is 0.174. The molecular formula is C23H23N3O3. The largest absolute Gasteiger partial charge is 0.492 e. The number of pyridine rings is 1. The predicted molar refractivity (Wildman–Crippen MR) is 114 cm³/mol. The molecule has 2 N–H and O–H groups in total. The highest BCUT2D eigenvalue weighted by Crippen LogP contribution is 2.24. The van der Waals surface area contributed by atoms with Gasteiger partial charge in [0.1, 0.15) is 11.4 Å². The third-order valence-electron chi connectivity index (χ3n) is 4.31. The van der Waals surface area contributed by atoms with E-state index in [1.165, 1.54) is 17.8 Å². The molecule has 0 atom stereocenters. The topological polar surface area (TPSA) is 80.3 Å². The second-order valence-electron chi connectivity index (χ2n) is 6.32. The molecule has 0 fully saturated rings. The lowest BCUT2D eigenvalue weighted by atomic mass is 10.1. The Hall–Kier alpha value is -3.67. The molecule has 0 aliphatic carbocycles. The fourth-order valence-electron chi connectivity index (χ4n) is 2.76. The van der Waals surface area contributed by atoms with E-state index in [1.807, 2.05) is 43.3 Å². The molecule has 3 aromatic rings. The summed E-state index contributed by atoms with van der Waals surface area (Å²) in [5, 5.41) is 5.61. The number of nitrogens with one attached hydrogen (secondary N) is 2. The smallest absolute Gasteiger partial charge is 0.274 e. The summed E-state index contributed by atoms with van der Waals surface area (Å²) in [6.45, 7) is 4.44. The Morgan fingerprint density at radius 3 is 2.41 bits per heavy atom. The first-order valence-electron chi connectivity index (χ1n) is 9.50. The molecule has 6 heteroatoms. The van der Waals surface area contributed by atoms with Crippen molar-refractivity contribution in [3.8, 4) is 5.75 Å². The average Bonchev–Trinajstić information content (AvgIpc) is 2.76. The standard InChI is InChI=1S/C23H23N3O3/c1-3-16-9-11-18(12-10-16)25-23(28)20-15-17(13-14-24-20)22(27)26-19-7-5-6-8-21(19)29-4-2/h5-15H,3-4H2,1-2H3,(H,25,28)(H,26,27). The number of ether oxygens (including phenoxy) is 1. The Morgan fingerprint density at radius 1 is 0.931 bits per heavy atom. The lowest BCUT2D eigenvalue weighted by Gasteiger charge is -2.11. The van der Waals surface area contributed by atoms with Gasteiger partial charge in [0, 0.05) is 17.4 Å². The van der Waals surface area contributed by atoms with Crippen LogP contribution in [0.1, 0.15) is 40.3 Å². The van der Waals surface area contributed by atoms with Crippen molar-refractivity contribution in [2.24, 2.45) is 0 Å². The van der Waals surface area contributed by atoms with Gasteiger partial charge in [-0.15, -0.1) is 0 Å². The molecule has 1 heterocycles. The molecule has 2 aromatic carbocycles. The van der Waals surface area contributed by atoms with Gasteiger partial charge in [-0.1, -0.05) is 31.2 Å². The number of carbonyl (C=O) groups is 2. The Kier molecular flexibility index (Phi) is 6.58. The zero-order valence-electron chi connectivity index (χ0n) is 16.4. The molecule has 0 bridgehead atoms. The number of carbonyl (C=O) groups excluding carboxylic acids is 2. The molecular weight excluding hydrogens is 366 g/mol. The number of aromatic nitrogens is 1. The minimum atomic E-state index is -0.376. The number of aryl methyl sites for hydroxylation is 1. The SMILES string of the molecule is CCOc1ccccc1NC(=O)c1ccnc(C(=O)Nc2ccc(CC)cc2)c1. The van der Waals surface area contributed by atoms with E-state index in [9.17, 15) is 9.59 Å². The highest BCUT2D eigenvalue weighted by molar-refractivity contribution is 6.08. The van der Waals surface area contributed by atoms with Crippen molar-refractivity contribution in [3.05, 3.63) is 83.7 Å². The normalized spacial score (nSPS) is 10.3. The fourth-order valence-corrected chi connectivity index (χ4v) is 2.76. The molecule has 1 aromatic heterocycles. The number of para-hydroxylation sites is 2. The quantitative estimate of drug-likeness (QED) is 0.621. The van der Waals surface area contributed by atoms with Gasteiger partial charge in [0.15, 0.2) is 0 Å². The second kappa shape index (κ2) is 9.50. The lowest BCUT2D eigenvalue weighted by Crippen LogP contribution is -2.17. The molecule has 148 valence electrons. The van der Waals surface area contributed by atoms with Crippen LogP contribution in [0.4, 0.5) is 11.4 Å². The highest BCUT2D eigenvalue weighted by Gasteiger charge is 2.14. The first kappa shape index (κ1) is 20.1. The molecule has 0 aliphatic heterocycles. The first-order valence-corrected chi connectivity index (χ1v) is 9.50. The number of nitrogens with zero attached hydrogens (tertiary/aromatic N) is 1. The summed E-state index contributed by atoms with van der Waals surface area (Å²) in [5.74, 6) is -0.134. The summed E-state index contributed by atoms with van der Waals surface area (Å²) >= 11 is 0. The number of benzene rings is 2. The van der Waals surface area contributed by atoms with Crippen LogP contribution in [-0.2, 0) is 6.42 Å². The Balaban J connectivity index is 1.73. The second-order valence-corrected chi connectivity index (χ2v) is 6.32. The third kappa shape index (κ3) is 5.19. The molecule has 0 saturated heterocycles. The minimum absolute atomic E-state index is 0.162. The Bertz CT molecular complexity index is 1000. The third-order valence-corrected chi connectivity index (χ3v) is 4.31. The highest BCUT2D eigenvalue weighted by atomic mass is 16.5. The molecule has 2 amide bonds. The summed E-state index contributed by atoms with van der Waals surface area (Å²) in [6.07, 6.45) is 2.37. The number of hydrogen-bond acceptors (Lipinski definition) is 4. The van der Waals surface area contributed by atoms with Crippen molar-refractivity contribution in [1.29, 1.82) is 0 Å². The summed E-state index contributed by atoms with van der Waals surface area (Å²) in [4.78, 5) is 29.3. The zero-order chi connectivity index (χ0) is 20.6. The molecule has 29 heavy (non-hydrogen) atoms. The Labute approximate surface area is 169 Å². The Morgan fingerprint density at radius 2 is 1.69 bits per heavy atom. The van der Waals surface area contributed by atoms with Crippen molar-refractivity contribution < 1.29 is 14.3 Å². The molecule has 0 saturated carbocycles. The monoisotopic (exact) mass is 389 g/mol. The van der Waals surface area contributed by atoms with Gasteiger partial charge >= 0.3 is 0 Å². The first-order chi connectivity index (χ1) is 14.1. The van der Waals surface area contributed by atoms with Crippen LogP contribution in [0.2, 0.25) is 0 Å². The molecule has 0 spiro atoms. The van der Waals surface area contributed by atoms with E-state index in [1.54, 1.807) is 18.2 Å². The van der Waals surface area contributed by atoms with Gasteiger partial charge in [-0.25, -0.2) is 0 Å². The van der Waals surface area contributed by atoms with Crippen LogP contribution < -0.4 is 15.4 Å². The van der Waals surface area contributed by atoms with Crippen molar-refractivity contribution in [2.75, 3.05) is 17.2 Å². The number of hydrogen-bond donors (Lipinski definition) is 2. The van der Waals surface area contributed by atoms with Gasteiger partial charge in [-0.05, 0) is 55.3 Å². The molecule has 6 nitrogen and oxygen atoms in total. The van der Waals surface area contributed by atoms with E-state index in [2.05, 4.69) is 22.5 Å². The van der Waals surface area contributed by atoms with Crippen LogP contribution in [0.15, 0.2) is 66.9 Å². The maximum Gasteiger partial charge on any atom is 0.274 e. The average molecular weight is 389 g/mol. The molecule has 0 radical (unpaired) electrons. The predicted octanol–water partition coefficient (Wildman–Crippen LogP) is 4.55. The maximum atomic E-state index is 12.6. The van der Waals surface area contributed by atoms with E-state index < -0.39 is 0 Å². The van der Waals surface area contributed by atoms with E-state index in [0.717, 1.165) is 6.42 Å². The summed E-state index contributed by atoms with van der Waals surface area (Å²) < 4.78 is 5.53. The number of amides is 2. The van der Waals surface area contributed by atoms with E-state index in [-0.39, 0.29) is 17.5 Å². The van der Waals surface area contributed by atoms with Gasteiger partial charge in [0.05, 0.1) is 12.3 Å². The van der Waals surface area contributed by atoms with Gasteiger partial charge in [0.25, 0.3) is 11.8 Å². The van der Waals surface area contributed by atoms with Crippen LogP contribution in [0.5, 0.6) is 5.75 Å². The van der Waals surface area contributed by atoms with E-state index in [0.29, 0.717) is 29.3 Å². The van der Waals surface area contributed by atoms with E-state index >= 15 is 0 Å². The number of anilines is 2. The van der Waals surface area contributed by atoms with Crippen molar-refractivity contribution in [3.63, 3.8) is 0 Å². The summed E-state index contributed by atoms with van der Waals surface area (Å²) in [5.41, 5.74) is 2.92. The van der Waals surface area contributed by atoms with Crippen LogP contribution >= 0.6 is 0 Å². The minimum Gasteiger partial charge on any atom is -0.492 e. The van der Waals surface area contributed by atoms with Crippen molar-refractivity contribution in [2.45, 2.75) is 20.3 Å². The molecule has 3 rings (SSSR count). The van der Waals surface area contributed by atoms with Crippen LogP contribution in [-0.4, -0.2) is 23.4 Å². The lowest BCUT2D eigenvalue weighted by molar-refractivity contribution is 0.102. The van der Waals surface area contributed by atoms with Crippen LogP contribution in [0.3, 0.4) is 0 Å². The molecule has 0 aliphatic rings. The van der Waals surface area contributed by atoms with E-state index in [4.69, 9.17) is 4.74 Å². The molecule has 0 unspecified atom stereocenters. The van der Waals surface area contributed by atoms with Gasteiger partial charge in [-0.3, -0.25) is 14.6 Å². The van der Waals surface area contributed by atoms with Gasteiger partial charge < -0.3 is 15.4 Å². The zero-order valence-corrected chi connectivity index (χ0v) is 16.4. The van der Waals surface area contributed by atoms with Gasteiger partial charge in [0.2, 0.25) is 0 Å². The van der Waals surface area contributed by atoms with Crippen molar-refractivity contribution in [1.82, 2.24) is 4.98 Å².